The molecule has 0 atom stereocenters. The van der Waals surface area contributed by atoms with Crippen LogP contribution in [0.25, 0.3) is 10.9 Å². The summed E-state index contributed by atoms with van der Waals surface area (Å²) in [7, 11) is 3.86. The third-order valence-corrected chi connectivity index (χ3v) is 5.10. The molecule has 3 heterocycles. The molecule has 0 spiro atoms. The molecule has 0 aliphatic rings. The van der Waals surface area contributed by atoms with Gasteiger partial charge in [-0.2, -0.15) is 0 Å². The van der Waals surface area contributed by atoms with Crippen molar-refractivity contribution in [2.75, 3.05) is 31.3 Å². The van der Waals surface area contributed by atoms with Gasteiger partial charge in [0.2, 0.25) is 5.91 Å². The Hall–Kier alpha value is -4.08. The average Bonchev–Trinajstić information content (AvgIpc) is 2.84. The second-order valence-corrected chi connectivity index (χ2v) is 8.25. The van der Waals surface area contributed by atoms with Gasteiger partial charge < -0.3 is 20.3 Å². The minimum Gasteiger partial charge on any atom is -0.486 e. The predicted molar refractivity (Wildman–Crippen MR) is 137 cm³/mol. The van der Waals surface area contributed by atoms with E-state index in [1.807, 2.05) is 43.3 Å². The highest BCUT2D eigenvalue weighted by molar-refractivity contribution is 6.32. The molecule has 0 bridgehead atoms. The van der Waals surface area contributed by atoms with Crippen molar-refractivity contribution < 1.29 is 9.53 Å². The third-order valence-electron chi connectivity index (χ3n) is 4.81. The maximum atomic E-state index is 12.2. The smallest absolute Gasteiger partial charge is 0.249 e. The van der Waals surface area contributed by atoms with Crippen LogP contribution in [0.4, 0.5) is 17.3 Å². The maximum absolute atomic E-state index is 12.2. The van der Waals surface area contributed by atoms with Crippen LogP contribution in [0.15, 0.2) is 73.3 Å². The summed E-state index contributed by atoms with van der Waals surface area (Å²) in [6.07, 6.45) is 8.00. The van der Waals surface area contributed by atoms with Crippen LogP contribution in [0.5, 0.6) is 5.75 Å². The number of carbonyl (C=O) groups excluding carboxylic acids is 1. The lowest BCUT2D eigenvalue weighted by Crippen LogP contribution is -2.13. The van der Waals surface area contributed by atoms with E-state index in [-0.39, 0.29) is 5.91 Å². The number of fused-ring (bicyclic) bond motifs is 1. The van der Waals surface area contributed by atoms with Crippen molar-refractivity contribution in [1.82, 2.24) is 24.8 Å². The Morgan fingerprint density at radius 1 is 1.11 bits per heavy atom. The summed E-state index contributed by atoms with van der Waals surface area (Å²) >= 11 is 6.44. The fraction of sp³-hybridized carbons (Fsp3) is 0.160. The number of likely N-dealkylation sites (N-methyl/N-ethyl adjacent to an activating group) is 1. The van der Waals surface area contributed by atoms with Crippen LogP contribution in [0.1, 0.15) is 5.69 Å². The van der Waals surface area contributed by atoms with Gasteiger partial charge in [-0.3, -0.25) is 9.78 Å². The summed E-state index contributed by atoms with van der Waals surface area (Å²) < 4.78 is 5.79. The number of rotatable bonds is 9. The Labute approximate surface area is 207 Å². The molecule has 35 heavy (non-hydrogen) atoms. The molecule has 4 aromatic rings. The van der Waals surface area contributed by atoms with Crippen LogP contribution < -0.4 is 15.4 Å². The predicted octanol–water partition coefficient (Wildman–Crippen LogP) is 4.45. The molecular weight excluding hydrogens is 466 g/mol. The number of amides is 1. The van der Waals surface area contributed by atoms with Crippen LogP contribution in [-0.2, 0) is 11.4 Å². The topological polar surface area (TPSA) is 105 Å². The van der Waals surface area contributed by atoms with Gasteiger partial charge in [-0.05, 0) is 50.5 Å². The summed E-state index contributed by atoms with van der Waals surface area (Å²) in [5.41, 5.74) is 2.15. The standard InChI is InChI=1S/C25H24ClN7O2/c1-33(2)11-5-7-24(34)32-23-13-19-21(14-28-23)29-16-30-25(19)31-17-8-9-22(20(26)12-17)35-15-18-6-3-4-10-27-18/h3-10,12-14,16H,11,15H2,1-2H3,(H,28,32,34)(H,29,30,31). The molecule has 2 N–H and O–H groups in total. The lowest BCUT2D eigenvalue weighted by atomic mass is 10.2. The van der Waals surface area contributed by atoms with Crippen molar-refractivity contribution in [2.24, 2.45) is 0 Å². The van der Waals surface area contributed by atoms with Crippen molar-refractivity contribution in [3.05, 3.63) is 84.1 Å². The first-order chi connectivity index (χ1) is 17.0. The van der Waals surface area contributed by atoms with Crippen molar-refractivity contribution in [3.8, 4) is 5.75 Å². The Morgan fingerprint density at radius 2 is 2.00 bits per heavy atom. The summed E-state index contributed by atoms with van der Waals surface area (Å²) in [6, 6.07) is 12.7. The SMILES string of the molecule is CN(C)CC=CC(=O)Nc1cc2c(Nc3ccc(OCc4ccccn4)c(Cl)c3)ncnc2cn1. The number of hydrogen-bond donors (Lipinski definition) is 2. The normalized spacial score (nSPS) is 11.2. The monoisotopic (exact) mass is 489 g/mol. The number of benzene rings is 1. The second kappa shape index (κ2) is 11.4. The van der Waals surface area contributed by atoms with Gasteiger partial charge in [0.15, 0.2) is 0 Å². The molecule has 3 aromatic heterocycles. The number of nitrogens with one attached hydrogen (secondary N) is 2. The number of anilines is 3. The minimum atomic E-state index is -0.266. The number of nitrogens with zero attached hydrogens (tertiary/aromatic N) is 5. The van der Waals surface area contributed by atoms with Crippen molar-refractivity contribution in [2.45, 2.75) is 6.61 Å². The molecule has 0 radical (unpaired) electrons. The lowest BCUT2D eigenvalue weighted by molar-refractivity contribution is -0.111. The summed E-state index contributed by atoms with van der Waals surface area (Å²) in [6.45, 7) is 0.978. The zero-order valence-corrected chi connectivity index (χ0v) is 20.0. The van der Waals surface area contributed by atoms with Gasteiger partial charge >= 0.3 is 0 Å². The third kappa shape index (κ3) is 6.72. The maximum Gasteiger partial charge on any atom is 0.249 e. The van der Waals surface area contributed by atoms with Gasteiger partial charge in [-0.25, -0.2) is 15.0 Å². The van der Waals surface area contributed by atoms with Gasteiger partial charge in [0.25, 0.3) is 0 Å². The molecule has 10 heteroatoms. The summed E-state index contributed by atoms with van der Waals surface area (Å²) in [5, 5.41) is 7.16. The van der Waals surface area contributed by atoms with E-state index in [9.17, 15) is 4.79 Å². The number of hydrogen-bond acceptors (Lipinski definition) is 8. The van der Waals surface area contributed by atoms with E-state index in [0.29, 0.717) is 52.1 Å². The van der Waals surface area contributed by atoms with Gasteiger partial charge in [-0.1, -0.05) is 23.7 Å². The van der Waals surface area contributed by atoms with E-state index in [2.05, 4.69) is 30.6 Å². The van der Waals surface area contributed by atoms with Crippen molar-refractivity contribution >= 4 is 45.7 Å². The van der Waals surface area contributed by atoms with Gasteiger partial charge in [-0.15, -0.1) is 0 Å². The fourth-order valence-electron chi connectivity index (χ4n) is 3.13. The summed E-state index contributed by atoms with van der Waals surface area (Å²) in [4.78, 5) is 31.3. The van der Waals surface area contributed by atoms with Crippen LogP contribution in [0.2, 0.25) is 5.02 Å². The van der Waals surface area contributed by atoms with Crippen molar-refractivity contribution in [3.63, 3.8) is 0 Å². The first-order valence-electron chi connectivity index (χ1n) is 10.8. The van der Waals surface area contributed by atoms with E-state index >= 15 is 0 Å². The molecule has 178 valence electrons. The highest BCUT2D eigenvalue weighted by Crippen LogP contribution is 2.31. The van der Waals surface area contributed by atoms with Gasteiger partial charge in [0, 0.05) is 29.9 Å². The lowest BCUT2D eigenvalue weighted by Gasteiger charge is -2.12. The first-order valence-corrected chi connectivity index (χ1v) is 11.2. The number of halogens is 1. The van der Waals surface area contributed by atoms with Crippen LogP contribution in [0.3, 0.4) is 0 Å². The quantitative estimate of drug-likeness (QED) is 0.332. The number of pyridine rings is 2. The number of ether oxygens (including phenoxy) is 1. The summed E-state index contributed by atoms with van der Waals surface area (Å²) in [5.74, 6) is 1.23. The molecule has 0 aliphatic carbocycles. The van der Waals surface area contributed by atoms with Crippen LogP contribution in [-0.4, -0.2) is 51.4 Å². The van der Waals surface area contributed by atoms with E-state index in [0.717, 1.165) is 5.69 Å². The molecule has 0 unspecified atom stereocenters. The van der Waals surface area contributed by atoms with E-state index in [1.165, 1.54) is 12.4 Å². The van der Waals surface area contributed by atoms with Crippen molar-refractivity contribution in [1.29, 1.82) is 0 Å². The Balaban J connectivity index is 1.48. The molecular formula is C25H24ClN7O2. The average molecular weight is 490 g/mol. The second-order valence-electron chi connectivity index (χ2n) is 7.84. The Bertz CT molecular complexity index is 1350. The van der Waals surface area contributed by atoms with E-state index in [4.69, 9.17) is 16.3 Å². The highest BCUT2D eigenvalue weighted by atomic mass is 35.5. The Morgan fingerprint density at radius 3 is 2.77 bits per heavy atom. The minimum absolute atomic E-state index is 0.266. The highest BCUT2D eigenvalue weighted by Gasteiger charge is 2.10. The zero-order chi connectivity index (χ0) is 24.6. The largest absolute Gasteiger partial charge is 0.486 e. The molecule has 0 saturated heterocycles. The number of carbonyl (C=O) groups is 1. The molecule has 0 fully saturated rings. The molecule has 9 nitrogen and oxygen atoms in total. The molecule has 0 saturated carbocycles. The number of aromatic nitrogens is 4. The Kier molecular flexibility index (Phi) is 7.81. The fourth-order valence-corrected chi connectivity index (χ4v) is 3.37. The molecule has 1 amide bonds. The van der Waals surface area contributed by atoms with E-state index < -0.39 is 0 Å². The molecule has 0 aliphatic heterocycles. The van der Waals surface area contributed by atoms with Gasteiger partial charge in [0.1, 0.15) is 30.3 Å². The molecule has 4 rings (SSSR count). The zero-order valence-electron chi connectivity index (χ0n) is 19.3. The first kappa shape index (κ1) is 24.1. The van der Waals surface area contributed by atoms with Crippen LogP contribution in [0, 0.1) is 0 Å². The van der Waals surface area contributed by atoms with E-state index in [1.54, 1.807) is 36.7 Å². The molecule has 1 aromatic carbocycles. The van der Waals surface area contributed by atoms with Crippen LogP contribution >= 0.6 is 11.6 Å². The van der Waals surface area contributed by atoms with Gasteiger partial charge in [0.05, 0.1) is 22.4 Å².